The highest BCUT2D eigenvalue weighted by Crippen LogP contribution is 2.43. The Hall–Kier alpha value is -4.32. The first kappa shape index (κ1) is 20.9. The van der Waals surface area contributed by atoms with E-state index in [0.717, 1.165) is 34.1 Å². The fourth-order valence-corrected chi connectivity index (χ4v) is 3.55. The Morgan fingerprint density at radius 3 is 2.12 bits per heavy atom. The van der Waals surface area contributed by atoms with E-state index in [4.69, 9.17) is 18.6 Å². The van der Waals surface area contributed by atoms with Crippen molar-refractivity contribution in [2.75, 3.05) is 7.11 Å². The van der Waals surface area contributed by atoms with Gasteiger partial charge in [0.2, 0.25) is 0 Å². The summed E-state index contributed by atoms with van der Waals surface area (Å²) in [5.74, 6) is 0.335. The fourth-order valence-electron chi connectivity index (χ4n) is 3.55. The zero-order valence-electron chi connectivity index (χ0n) is 17.6. The van der Waals surface area contributed by atoms with E-state index in [9.17, 15) is 9.59 Å². The summed E-state index contributed by atoms with van der Waals surface area (Å²) in [6.07, 6.45) is 2.22. The van der Waals surface area contributed by atoms with Crippen molar-refractivity contribution in [2.24, 2.45) is 0 Å². The lowest BCUT2D eigenvalue weighted by atomic mass is 10.0. The number of methoxy groups -OCH3 is 1. The van der Waals surface area contributed by atoms with E-state index >= 15 is 0 Å². The zero-order valence-corrected chi connectivity index (χ0v) is 17.6. The molecule has 0 fully saturated rings. The minimum absolute atomic E-state index is 0.408. The molecule has 3 aromatic carbocycles. The Labute approximate surface area is 184 Å². The maximum Gasteiger partial charge on any atom is 0.335 e. The molecule has 6 heteroatoms. The Morgan fingerprint density at radius 2 is 1.47 bits per heavy atom. The van der Waals surface area contributed by atoms with Crippen LogP contribution in [0.25, 0.3) is 33.1 Å². The van der Waals surface area contributed by atoms with Crippen LogP contribution in [0.15, 0.2) is 78.3 Å². The van der Waals surface area contributed by atoms with Crippen LogP contribution in [0.3, 0.4) is 0 Å². The van der Waals surface area contributed by atoms with E-state index in [1.807, 2.05) is 37.3 Å². The van der Waals surface area contributed by atoms with Crippen LogP contribution in [0.2, 0.25) is 0 Å². The van der Waals surface area contributed by atoms with Crippen molar-refractivity contribution < 1.29 is 28.2 Å². The van der Waals surface area contributed by atoms with Crippen molar-refractivity contribution >= 4 is 33.9 Å². The summed E-state index contributed by atoms with van der Waals surface area (Å²) in [5, 5.41) is 1.76. The molecule has 0 aliphatic heterocycles. The molecule has 4 aromatic rings. The maximum absolute atomic E-state index is 11.6. The van der Waals surface area contributed by atoms with Crippen LogP contribution >= 0.6 is 0 Å². The molecule has 32 heavy (non-hydrogen) atoms. The van der Waals surface area contributed by atoms with Crippen LogP contribution in [0.1, 0.15) is 5.56 Å². The van der Waals surface area contributed by atoms with E-state index in [1.165, 1.54) is 0 Å². The first-order chi connectivity index (χ1) is 15.5. The van der Waals surface area contributed by atoms with Crippen LogP contribution in [0.4, 0.5) is 0 Å². The summed E-state index contributed by atoms with van der Waals surface area (Å²) < 4.78 is 22.3. The molecule has 0 unspecified atom stereocenters. The molecule has 0 N–H and O–H groups in total. The quantitative estimate of drug-likeness (QED) is 0.221. The molecule has 0 amide bonds. The normalized spacial score (nSPS) is 10.7. The van der Waals surface area contributed by atoms with Crippen molar-refractivity contribution in [3.8, 4) is 28.4 Å². The summed E-state index contributed by atoms with van der Waals surface area (Å²) in [7, 11) is 1.58. The molecule has 0 atom stereocenters. The molecular weight excluding hydrogens is 408 g/mol. The van der Waals surface area contributed by atoms with Crippen LogP contribution in [0.5, 0.6) is 17.2 Å². The molecule has 0 saturated heterocycles. The monoisotopic (exact) mass is 428 g/mol. The third-order valence-electron chi connectivity index (χ3n) is 5.09. The molecule has 0 saturated carbocycles. The number of carbonyl (C=O) groups excluding carboxylic acids is 2. The zero-order chi connectivity index (χ0) is 22.8. The first-order valence-corrected chi connectivity index (χ1v) is 9.78. The number of fused-ring (bicyclic) bond motifs is 3. The summed E-state index contributed by atoms with van der Waals surface area (Å²) in [5.41, 5.74) is 3.57. The molecule has 0 aliphatic rings. The first-order valence-electron chi connectivity index (χ1n) is 9.78. The number of esters is 2. The lowest BCUT2D eigenvalue weighted by Gasteiger charge is -2.10. The predicted molar refractivity (Wildman–Crippen MR) is 122 cm³/mol. The van der Waals surface area contributed by atoms with Crippen LogP contribution < -0.4 is 14.2 Å². The second kappa shape index (κ2) is 8.43. The number of benzene rings is 3. The smallest absolute Gasteiger partial charge is 0.335 e. The summed E-state index contributed by atoms with van der Waals surface area (Å²) in [6.45, 7) is 8.64. The highest BCUT2D eigenvalue weighted by molar-refractivity contribution is 6.10. The van der Waals surface area contributed by atoms with Crippen LogP contribution in [0, 0.1) is 6.92 Å². The molecule has 0 radical (unpaired) electrons. The highest BCUT2D eigenvalue weighted by Gasteiger charge is 2.19. The van der Waals surface area contributed by atoms with Gasteiger partial charge < -0.3 is 18.6 Å². The number of carbonyl (C=O) groups is 2. The Morgan fingerprint density at radius 1 is 0.844 bits per heavy atom. The van der Waals surface area contributed by atoms with E-state index < -0.39 is 11.9 Å². The second-order valence-electron chi connectivity index (χ2n) is 6.97. The second-order valence-corrected chi connectivity index (χ2v) is 6.97. The molecule has 0 spiro atoms. The van der Waals surface area contributed by atoms with Crippen LogP contribution in [-0.4, -0.2) is 19.0 Å². The van der Waals surface area contributed by atoms with E-state index in [0.29, 0.717) is 34.0 Å². The van der Waals surface area contributed by atoms with Crippen molar-refractivity contribution in [2.45, 2.75) is 6.92 Å². The van der Waals surface area contributed by atoms with Gasteiger partial charge in [0.1, 0.15) is 17.1 Å². The standard InChI is InChI=1S/C26H20O6/c1-5-22(27)30-17-9-7-16(8-10-17)18-11-12-20-19-13-14-21(31-23(28)6-2)15(3)24(19)32-26(20)25(18)29-4/h5-14H,1-2H2,3-4H3. The number of hydrogen-bond acceptors (Lipinski definition) is 6. The van der Waals surface area contributed by atoms with Gasteiger partial charge in [-0.05, 0) is 48.9 Å². The fraction of sp³-hybridized carbons (Fsp3) is 0.0769. The van der Waals surface area contributed by atoms with Gasteiger partial charge in [0, 0.05) is 34.1 Å². The highest BCUT2D eigenvalue weighted by atomic mass is 16.5. The Kier molecular flexibility index (Phi) is 5.52. The third kappa shape index (κ3) is 3.63. The SMILES string of the molecule is C=CC(=O)Oc1ccc(-c2ccc3c(oc4c(C)c(OC(=O)C=C)ccc43)c2OC)cc1. The van der Waals surface area contributed by atoms with Gasteiger partial charge in [-0.3, -0.25) is 0 Å². The lowest BCUT2D eigenvalue weighted by Crippen LogP contribution is -2.04. The van der Waals surface area contributed by atoms with Crippen molar-refractivity contribution in [1.82, 2.24) is 0 Å². The lowest BCUT2D eigenvalue weighted by molar-refractivity contribution is -0.129. The third-order valence-corrected chi connectivity index (χ3v) is 5.09. The van der Waals surface area contributed by atoms with Crippen molar-refractivity contribution in [1.29, 1.82) is 0 Å². The van der Waals surface area contributed by atoms with Gasteiger partial charge in [0.15, 0.2) is 11.3 Å². The Balaban J connectivity index is 1.82. The minimum Gasteiger partial charge on any atom is -0.492 e. The number of hydrogen-bond donors (Lipinski definition) is 0. The summed E-state index contributed by atoms with van der Waals surface area (Å²) >= 11 is 0. The average Bonchev–Trinajstić information content (AvgIpc) is 3.20. The molecular formula is C26H20O6. The molecule has 0 bridgehead atoms. The maximum atomic E-state index is 11.6. The number of furan rings is 1. The predicted octanol–water partition coefficient (Wildman–Crippen LogP) is 5.75. The molecule has 160 valence electrons. The van der Waals surface area contributed by atoms with Crippen LogP contribution in [-0.2, 0) is 9.59 Å². The van der Waals surface area contributed by atoms with Gasteiger partial charge in [-0.15, -0.1) is 0 Å². The molecule has 4 rings (SSSR count). The van der Waals surface area contributed by atoms with E-state index in [1.54, 1.807) is 25.3 Å². The summed E-state index contributed by atoms with van der Waals surface area (Å²) in [4.78, 5) is 23.0. The molecule has 0 aliphatic carbocycles. The molecule has 1 aromatic heterocycles. The van der Waals surface area contributed by atoms with Gasteiger partial charge in [0.05, 0.1) is 7.11 Å². The van der Waals surface area contributed by atoms with E-state index in [2.05, 4.69) is 13.2 Å². The number of ether oxygens (including phenoxy) is 3. The van der Waals surface area contributed by atoms with Gasteiger partial charge >= 0.3 is 11.9 Å². The van der Waals surface area contributed by atoms with Gasteiger partial charge in [0.25, 0.3) is 0 Å². The largest absolute Gasteiger partial charge is 0.492 e. The van der Waals surface area contributed by atoms with Crippen molar-refractivity contribution in [3.63, 3.8) is 0 Å². The Bertz CT molecular complexity index is 1380. The van der Waals surface area contributed by atoms with Gasteiger partial charge in [-0.1, -0.05) is 25.3 Å². The van der Waals surface area contributed by atoms with Gasteiger partial charge in [-0.2, -0.15) is 0 Å². The van der Waals surface area contributed by atoms with Gasteiger partial charge in [-0.25, -0.2) is 9.59 Å². The number of aryl methyl sites for hydroxylation is 1. The number of rotatable bonds is 6. The minimum atomic E-state index is -0.536. The molecule has 6 nitrogen and oxygen atoms in total. The van der Waals surface area contributed by atoms with Crippen molar-refractivity contribution in [3.05, 3.63) is 79.4 Å². The average molecular weight is 428 g/mol. The summed E-state index contributed by atoms with van der Waals surface area (Å²) in [6, 6.07) is 14.5. The molecule has 1 heterocycles. The van der Waals surface area contributed by atoms with E-state index in [-0.39, 0.29) is 0 Å². The topological polar surface area (TPSA) is 75.0 Å².